The molecule has 0 bridgehead atoms. The van der Waals surface area contributed by atoms with Crippen molar-refractivity contribution >= 4 is 5.97 Å². The van der Waals surface area contributed by atoms with Gasteiger partial charge in [-0.25, -0.2) is 4.79 Å². The van der Waals surface area contributed by atoms with Gasteiger partial charge in [-0.1, -0.05) is 18.2 Å². The monoisotopic (exact) mass is 233 g/mol. The minimum atomic E-state index is -4.55. The van der Waals surface area contributed by atoms with Crippen LogP contribution in [0.1, 0.15) is 11.1 Å². The van der Waals surface area contributed by atoms with E-state index in [0.717, 1.165) is 12.1 Å². The minimum Gasteiger partial charge on any atom is -0.284 e. The standard InChI is InChI=1S/C9H6F3NO3/c10-9(11,12)7-4-2-1-3-6(7)5-8(14)16-13-15/h1-4H,5H2. The van der Waals surface area contributed by atoms with E-state index < -0.39 is 24.1 Å². The molecule has 0 amide bonds. The summed E-state index contributed by atoms with van der Waals surface area (Å²) in [4.78, 5) is 24.1. The van der Waals surface area contributed by atoms with Crippen molar-refractivity contribution < 1.29 is 22.8 Å². The fourth-order valence-corrected chi connectivity index (χ4v) is 1.18. The van der Waals surface area contributed by atoms with Gasteiger partial charge in [0, 0.05) is 0 Å². The average Bonchev–Trinajstić information content (AvgIpc) is 2.17. The van der Waals surface area contributed by atoms with E-state index in [4.69, 9.17) is 0 Å². The lowest BCUT2D eigenvalue weighted by molar-refractivity contribution is -0.144. The quantitative estimate of drug-likeness (QED) is 0.595. The molecule has 0 N–H and O–H groups in total. The first kappa shape index (κ1) is 12.2. The number of halogens is 3. The minimum absolute atomic E-state index is 0.261. The highest BCUT2D eigenvalue weighted by Gasteiger charge is 2.33. The zero-order valence-electron chi connectivity index (χ0n) is 7.82. The number of hydrogen-bond donors (Lipinski definition) is 0. The highest BCUT2D eigenvalue weighted by molar-refractivity contribution is 5.72. The van der Waals surface area contributed by atoms with Crippen molar-refractivity contribution in [3.63, 3.8) is 0 Å². The van der Waals surface area contributed by atoms with Crippen molar-refractivity contribution in [2.24, 2.45) is 5.34 Å². The molecule has 7 heteroatoms. The summed E-state index contributed by atoms with van der Waals surface area (Å²) in [5.74, 6) is -1.13. The van der Waals surface area contributed by atoms with E-state index in [0.29, 0.717) is 0 Å². The third-order valence-corrected chi connectivity index (χ3v) is 1.80. The second-order valence-electron chi connectivity index (χ2n) is 2.87. The lowest BCUT2D eigenvalue weighted by atomic mass is 10.0. The molecule has 0 saturated carbocycles. The van der Waals surface area contributed by atoms with Gasteiger partial charge in [0.25, 0.3) is 0 Å². The second kappa shape index (κ2) is 4.73. The molecule has 1 aromatic carbocycles. The first-order valence-electron chi connectivity index (χ1n) is 4.12. The Morgan fingerprint density at radius 3 is 2.50 bits per heavy atom. The van der Waals surface area contributed by atoms with E-state index in [2.05, 4.69) is 4.84 Å². The Hall–Kier alpha value is -1.92. The van der Waals surface area contributed by atoms with Crippen LogP contribution in [0.3, 0.4) is 0 Å². The number of alkyl halides is 3. The van der Waals surface area contributed by atoms with Gasteiger partial charge in [-0.15, -0.1) is 4.91 Å². The molecule has 0 fully saturated rings. The first-order valence-corrected chi connectivity index (χ1v) is 4.12. The van der Waals surface area contributed by atoms with E-state index in [1.165, 1.54) is 12.1 Å². The molecule has 4 nitrogen and oxygen atoms in total. The van der Waals surface area contributed by atoms with Crippen LogP contribution in [-0.4, -0.2) is 5.97 Å². The molecule has 0 atom stereocenters. The summed E-state index contributed by atoms with van der Waals surface area (Å²) in [6, 6.07) is 4.54. The lowest BCUT2D eigenvalue weighted by Gasteiger charge is -2.10. The van der Waals surface area contributed by atoms with Crippen LogP contribution in [0.25, 0.3) is 0 Å². The van der Waals surface area contributed by atoms with Gasteiger partial charge in [-0.3, -0.25) is 4.84 Å². The van der Waals surface area contributed by atoms with Crippen LogP contribution in [0.4, 0.5) is 13.2 Å². The summed E-state index contributed by atoms with van der Waals surface area (Å²) in [6.45, 7) is 0. The zero-order chi connectivity index (χ0) is 12.2. The Balaban J connectivity index is 2.96. The van der Waals surface area contributed by atoms with Crippen molar-refractivity contribution in [2.75, 3.05) is 0 Å². The summed E-state index contributed by atoms with van der Waals surface area (Å²) >= 11 is 0. The van der Waals surface area contributed by atoms with Crippen LogP contribution < -0.4 is 0 Å². The Morgan fingerprint density at radius 2 is 1.94 bits per heavy atom. The Labute approximate surface area is 87.9 Å². The summed E-state index contributed by atoms with van der Waals surface area (Å²) in [5.41, 5.74) is -1.19. The van der Waals surface area contributed by atoms with Gasteiger partial charge >= 0.3 is 12.1 Å². The Bertz CT molecular complexity index is 403. The van der Waals surface area contributed by atoms with E-state index in [1.54, 1.807) is 0 Å². The highest BCUT2D eigenvalue weighted by atomic mass is 19.4. The molecule has 16 heavy (non-hydrogen) atoms. The lowest BCUT2D eigenvalue weighted by Crippen LogP contribution is -2.12. The van der Waals surface area contributed by atoms with Crippen molar-refractivity contribution in [3.8, 4) is 0 Å². The molecule has 1 aromatic rings. The summed E-state index contributed by atoms with van der Waals surface area (Å²) < 4.78 is 37.3. The van der Waals surface area contributed by atoms with Crippen LogP contribution in [0.15, 0.2) is 29.6 Å². The zero-order valence-corrected chi connectivity index (χ0v) is 7.82. The van der Waals surface area contributed by atoms with Crippen LogP contribution in [0.5, 0.6) is 0 Å². The van der Waals surface area contributed by atoms with Gasteiger partial charge < -0.3 is 0 Å². The number of nitrogens with zero attached hydrogens (tertiary/aromatic N) is 1. The number of carbonyl (C=O) groups is 1. The first-order chi connectivity index (χ1) is 7.45. The fourth-order valence-electron chi connectivity index (χ4n) is 1.18. The second-order valence-corrected chi connectivity index (χ2v) is 2.87. The number of benzene rings is 1. The molecule has 86 valence electrons. The van der Waals surface area contributed by atoms with Gasteiger partial charge in [0.2, 0.25) is 0 Å². The molecule has 0 radical (unpaired) electrons. The van der Waals surface area contributed by atoms with Crippen LogP contribution in [-0.2, 0) is 22.2 Å². The van der Waals surface area contributed by atoms with Crippen LogP contribution in [0.2, 0.25) is 0 Å². The molecular formula is C9H6F3NO3. The molecule has 0 saturated heterocycles. The summed E-state index contributed by atoms with van der Waals surface area (Å²) in [7, 11) is 0. The number of hydrogen-bond acceptors (Lipinski definition) is 4. The van der Waals surface area contributed by atoms with Crippen molar-refractivity contribution in [1.29, 1.82) is 0 Å². The largest absolute Gasteiger partial charge is 0.416 e. The SMILES string of the molecule is O=NOC(=O)Cc1ccccc1C(F)(F)F. The van der Waals surface area contributed by atoms with E-state index in [-0.39, 0.29) is 5.56 Å². The molecule has 0 unspecified atom stereocenters. The molecule has 0 heterocycles. The summed E-state index contributed by atoms with van der Waals surface area (Å²) in [6.07, 6.45) is -5.20. The van der Waals surface area contributed by atoms with E-state index in [9.17, 15) is 22.9 Å². The van der Waals surface area contributed by atoms with E-state index >= 15 is 0 Å². The Kier molecular flexibility index (Phi) is 3.60. The molecular weight excluding hydrogens is 227 g/mol. The number of carbonyl (C=O) groups excluding carboxylic acids is 1. The predicted molar refractivity (Wildman–Crippen MR) is 47.0 cm³/mol. The third-order valence-electron chi connectivity index (χ3n) is 1.80. The molecule has 0 aliphatic rings. The molecule has 0 aliphatic heterocycles. The molecule has 0 aromatic heterocycles. The maximum Gasteiger partial charge on any atom is 0.416 e. The van der Waals surface area contributed by atoms with Crippen LogP contribution >= 0.6 is 0 Å². The van der Waals surface area contributed by atoms with Crippen molar-refractivity contribution in [2.45, 2.75) is 12.6 Å². The predicted octanol–water partition coefficient (Wildman–Crippen LogP) is 2.47. The smallest absolute Gasteiger partial charge is 0.284 e. The normalized spacial score (nSPS) is 10.9. The van der Waals surface area contributed by atoms with Gasteiger partial charge in [-0.2, -0.15) is 13.2 Å². The van der Waals surface area contributed by atoms with E-state index in [1.807, 2.05) is 5.34 Å². The molecule has 0 spiro atoms. The van der Waals surface area contributed by atoms with Crippen LogP contribution in [0, 0.1) is 4.91 Å². The van der Waals surface area contributed by atoms with Gasteiger partial charge in [0.1, 0.15) is 0 Å². The summed E-state index contributed by atoms with van der Waals surface area (Å²) in [5, 5.41) is 1.84. The topological polar surface area (TPSA) is 55.7 Å². The molecule has 0 aliphatic carbocycles. The van der Waals surface area contributed by atoms with Gasteiger partial charge in [0.15, 0.2) is 5.34 Å². The highest BCUT2D eigenvalue weighted by Crippen LogP contribution is 2.32. The maximum atomic E-state index is 12.4. The van der Waals surface area contributed by atoms with Gasteiger partial charge in [0.05, 0.1) is 12.0 Å². The molecule has 1 rings (SSSR count). The third kappa shape index (κ3) is 3.04. The average molecular weight is 233 g/mol. The van der Waals surface area contributed by atoms with Gasteiger partial charge in [-0.05, 0) is 11.6 Å². The Morgan fingerprint density at radius 1 is 1.31 bits per heavy atom. The fraction of sp³-hybridized carbons (Fsp3) is 0.222. The maximum absolute atomic E-state index is 12.4. The van der Waals surface area contributed by atoms with Crippen molar-refractivity contribution in [1.82, 2.24) is 0 Å². The number of rotatable bonds is 3. The van der Waals surface area contributed by atoms with Crippen molar-refractivity contribution in [3.05, 3.63) is 40.3 Å².